The third-order valence-electron chi connectivity index (χ3n) is 4.68. The monoisotopic (exact) mass is 374 g/mol. The molecular formula is C18H19FN4O4. The van der Waals surface area contributed by atoms with Crippen LogP contribution in [0.5, 0.6) is 11.5 Å². The number of piperazine rings is 1. The number of hydrogen-bond acceptors (Lipinski definition) is 6. The Morgan fingerprint density at radius 3 is 2.67 bits per heavy atom. The Bertz CT molecular complexity index is 937. The molecule has 1 N–H and O–H groups in total. The third-order valence-corrected chi connectivity index (χ3v) is 4.68. The van der Waals surface area contributed by atoms with Crippen molar-refractivity contribution in [2.45, 2.75) is 6.92 Å². The predicted octanol–water partition coefficient (Wildman–Crippen LogP) is 0.951. The highest BCUT2D eigenvalue weighted by Crippen LogP contribution is 2.34. The first-order valence-corrected chi connectivity index (χ1v) is 8.74. The minimum Gasteiger partial charge on any atom is -0.486 e. The van der Waals surface area contributed by atoms with E-state index >= 15 is 0 Å². The zero-order valence-electron chi connectivity index (χ0n) is 14.8. The summed E-state index contributed by atoms with van der Waals surface area (Å²) < 4.78 is 24.6. The van der Waals surface area contributed by atoms with Crippen LogP contribution in [0.25, 0.3) is 0 Å². The normalized spacial score (nSPS) is 16.4. The molecule has 3 heterocycles. The van der Waals surface area contributed by atoms with Gasteiger partial charge in [0.05, 0.1) is 11.3 Å². The van der Waals surface area contributed by atoms with Crippen molar-refractivity contribution < 1.29 is 18.7 Å². The fourth-order valence-electron chi connectivity index (χ4n) is 3.24. The summed E-state index contributed by atoms with van der Waals surface area (Å²) in [7, 11) is 0. The van der Waals surface area contributed by atoms with E-state index in [2.05, 4.69) is 9.97 Å². The van der Waals surface area contributed by atoms with Gasteiger partial charge in [-0.25, -0.2) is 4.98 Å². The van der Waals surface area contributed by atoms with Crippen LogP contribution >= 0.6 is 0 Å². The van der Waals surface area contributed by atoms with Crippen LogP contribution in [-0.2, 0) is 0 Å². The van der Waals surface area contributed by atoms with Crippen molar-refractivity contribution in [1.82, 2.24) is 14.9 Å². The van der Waals surface area contributed by atoms with Crippen LogP contribution in [-0.4, -0.2) is 60.2 Å². The van der Waals surface area contributed by atoms with Gasteiger partial charge >= 0.3 is 0 Å². The molecule has 1 fully saturated rings. The summed E-state index contributed by atoms with van der Waals surface area (Å²) in [5.41, 5.74) is -0.255. The molecule has 8 nitrogen and oxygen atoms in total. The molecule has 0 saturated carbocycles. The second-order valence-electron chi connectivity index (χ2n) is 6.40. The van der Waals surface area contributed by atoms with Crippen molar-refractivity contribution in [2.75, 3.05) is 44.3 Å². The second kappa shape index (κ2) is 6.90. The van der Waals surface area contributed by atoms with Crippen LogP contribution in [0.4, 0.5) is 10.3 Å². The highest BCUT2D eigenvalue weighted by atomic mass is 19.1. The summed E-state index contributed by atoms with van der Waals surface area (Å²) in [6, 6.07) is 5.28. The summed E-state index contributed by atoms with van der Waals surface area (Å²) in [6.45, 7) is 4.18. The SMILES string of the molecule is Cc1nc(N2CCN(C(=O)c3cccc4c3OCCO4)CC2)[nH]c(=O)c1F. The first kappa shape index (κ1) is 17.3. The molecule has 142 valence electrons. The molecule has 2 aliphatic heterocycles. The van der Waals surface area contributed by atoms with E-state index in [0.717, 1.165) is 0 Å². The molecule has 1 aromatic carbocycles. The van der Waals surface area contributed by atoms with Gasteiger partial charge in [0.25, 0.3) is 11.5 Å². The van der Waals surface area contributed by atoms with Gasteiger partial charge in [-0.1, -0.05) is 6.07 Å². The van der Waals surface area contributed by atoms with Crippen molar-refractivity contribution in [2.24, 2.45) is 0 Å². The average Bonchev–Trinajstić information content (AvgIpc) is 2.71. The quantitative estimate of drug-likeness (QED) is 0.842. The molecular weight excluding hydrogens is 355 g/mol. The van der Waals surface area contributed by atoms with Gasteiger partial charge in [-0.05, 0) is 19.1 Å². The van der Waals surface area contributed by atoms with Gasteiger partial charge in [0, 0.05) is 26.2 Å². The van der Waals surface area contributed by atoms with Crippen LogP contribution in [0.3, 0.4) is 0 Å². The van der Waals surface area contributed by atoms with Gasteiger partial charge in [0.1, 0.15) is 13.2 Å². The van der Waals surface area contributed by atoms with E-state index < -0.39 is 11.4 Å². The fraction of sp³-hybridized carbons (Fsp3) is 0.389. The zero-order valence-corrected chi connectivity index (χ0v) is 14.8. The first-order chi connectivity index (χ1) is 13.0. The van der Waals surface area contributed by atoms with Gasteiger partial charge in [0.15, 0.2) is 11.5 Å². The molecule has 0 radical (unpaired) electrons. The topological polar surface area (TPSA) is 87.8 Å². The van der Waals surface area contributed by atoms with E-state index in [0.29, 0.717) is 62.4 Å². The van der Waals surface area contributed by atoms with E-state index in [4.69, 9.17) is 9.47 Å². The average molecular weight is 374 g/mol. The standard InChI is InChI=1S/C18H19FN4O4/c1-11-14(19)16(24)21-18(20-11)23-7-5-22(6-8-23)17(25)12-3-2-4-13-15(12)27-10-9-26-13/h2-4H,5-10H2,1H3,(H,20,21,24). The molecule has 2 aliphatic rings. The number of fused-ring (bicyclic) bond motifs is 1. The van der Waals surface area contributed by atoms with Crippen LogP contribution in [0.15, 0.2) is 23.0 Å². The van der Waals surface area contributed by atoms with E-state index in [-0.39, 0.29) is 11.6 Å². The highest BCUT2D eigenvalue weighted by molar-refractivity contribution is 5.98. The maximum Gasteiger partial charge on any atom is 0.288 e. The Hall–Kier alpha value is -3.10. The van der Waals surface area contributed by atoms with Crippen molar-refractivity contribution >= 4 is 11.9 Å². The molecule has 0 unspecified atom stereocenters. The Balaban J connectivity index is 1.48. The van der Waals surface area contributed by atoms with Gasteiger partial charge in [-0.15, -0.1) is 0 Å². The molecule has 1 saturated heterocycles. The van der Waals surface area contributed by atoms with Crippen molar-refractivity contribution in [1.29, 1.82) is 0 Å². The number of nitrogens with zero attached hydrogens (tertiary/aromatic N) is 3. The second-order valence-corrected chi connectivity index (χ2v) is 6.40. The molecule has 4 rings (SSSR count). The van der Waals surface area contributed by atoms with Gasteiger partial charge in [0.2, 0.25) is 11.8 Å². The predicted molar refractivity (Wildman–Crippen MR) is 95.1 cm³/mol. The number of carbonyl (C=O) groups excluding carboxylic acids is 1. The molecule has 9 heteroatoms. The number of H-pyrrole nitrogens is 1. The number of halogens is 1. The van der Waals surface area contributed by atoms with E-state index in [9.17, 15) is 14.0 Å². The van der Waals surface area contributed by atoms with Crippen LogP contribution in [0.2, 0.25) is 0 Å². The largest absolute Gasteiger partial charge is 0.486 e. The number of hydrogen-bond donors (Lipinski definition) is 1. The van der Waals surface area contributed by atoms with Crippen molar-refractivity contribution in [3.8, 4) is 11.5 Å². The highest BCUT2D eigenvalue weighted by Gasteiger charge is 2.28. The number of amides is 1. The van der Waals surface area contributed by atoms with Gasteiger partial charge in [-0.3, -0.25) is 14.6 Å². The van der Waals surface area contributed by atoms with Crippen molar-refractivity contribution in [3.05, 3.63) is 45.6 Å². The maximum atomic E-state index is 13.5. The molecule has 2 aromatic rings. The van der Waals surface area contributed by atoms with E-state index in [1.165, 1.54) is 6.92 Å². The number of aryl methyl sites for hydroxylation is 1. The molecule has 27 heavy (non-hydrogen) atoms. The summed E-state index contributed by atoms with van der Waals surface area (Å²) in [5, 5.41) is 0. The van der Waals surface area contributed by atoms with Crippen LogP contribution in [0.1, 0.15) is 16.1 Å². The fourth-order valence-corrected chi connectivity index (χ4v) is 3.24. The summed E-state index contributed by atoms with van der Waals surface area (Å²) in [6.07, 6.45) is 0. The lowest BCUT2D eigenvalue weighted by molar-refractivity contribution is 0.0735. The van der Waals surface area contributed by atoms with Gasteiger partial charge in [-0.2, -0.15) is 4.39 Å². The van der Waals surface area contributed by atoms with Crippen LogP contribution in [0, 0.1) is 12.7 Å². The minimum atomic E-state index is -0.872. The van der Waals surface area contributed by atoms with E-state index in [1.807, 2.05) is 4.90 Å². The Morgan fingerprint density at radius 1 is 1.19 bits per heavy atom. The molecule has 0 bridgehead atoms. The van der Waals surface area contributed by atoms with Crippen LogP contribution < -0.4 is 19.9 Å². The summed E-state index contributed by atoms with van der Waals surface area (Å²) >= 11 is 0. The smallest absolute Gasteiger partial charge is 0.288 e. The molecule has 0 aliphatic carbocycles. The van der Waals surface area contributed by atoms with Gasteiger partial charge < -0.3 is 19.3 Å². The molecule has 1 amide bonds. The number of anilines is 1. The maximum absolute atomic E-state index is 13.5. The lowest BCUT2D eigenvalue weighted by Crippen LogP contribution is -2.49. The number of rotatable bonds is 2. The summed E-state index contributed by atoms with van der Waals surface area (Å²) in [5.74, 6) is 0.378. The first-order valence-electron chi connectivity index (χ1n) is 8.74. The number of aromatic amines is 1. The number of carbonyl (C=O) groups is 1. The Morgan fingerprint density at radius 2 is 1.93 bits per heavy atom. The van der Waals surface area contributed by atoms with E-state index in [1.54, 1.807) is 23.1 Å². The third kappa shape index (κ3) is 3.20. The lowest BCUT2D eigenvalue weighted by atomic mass is 10.1. The minimum absolute atomic E-state index is 0.0559. The molecule has 0 spiro atoms. The molecule has 1 aromatic heterocycles. The number of aromatic nitrogens is 2. The Kier molecular flexibility index (Phi) is 4.43. The number of ether oxygens (including phenoxy) is 2. The number of benzene rings is 1. The number of para-hydroxylation sites is 1. The Labute approximate surface area is 154 Å². The molecule has 0 atom stereocenters. The zero-order chi connectivity index (χ0) is 19.0. The van der Waals surface area contributed by atoms with Crippen molar-refractivity contribution in [3.63, 3.8) is 0 Å². The lowest BCUT2D eigenvalue weighted by Gasteiger charge is -2.35. The number of nitrogens with one attached hydrogen (secondary N) is 1. The summed E-state index contributed by atoms with van der Waals surface area (Å²) in [4.78, 5) is 34.6.